The Kier molecular flexibility index (Phi) is 6.04. The number of primary amides is 1. The first-order valence-electron chi connectivity index (χ1n) is 8.80. The Bertz CT molecular complexity index is 1030. The molecule has 0 bridgehead atoms. The van der Waals surface area contributed by atoms with Gasteiger partial charge < -0.3 is 20.1 Å². The van der Waals surface area contributed by atoms with Gasteiger partial charge in [-0.2, -0.15) is 0 Å². The van der Waals surface area contributed by atoms with E-state index in [-0.39, 0.29) is 33.4 Å². The van der Waals surface area contributed by atoms with Gasteiger partial charge in [0.1, 0.15) is 5.75 Å². The van der Waals surface area contributed by atoms with Crippen molar-refractivity contribution < 1.29 is 27.5 Å². The Morgan fingerprint density at radius 1 is 1.10 bits per heavy atom. The van der Waals surface area contributed by atoms with Crippen LogP contribution in [0.3, 0.4) is 0 Å². The Morgan fingerprint density at radius 3 is 2.45 bits per heavy atom. The number of methoxy groups -OCH3 is 1. The van der Waals surface area contributed by atoms with E-state index in [1.165, 1.54) is 37.4 Å². The second kappa shape index (κ2) is 8.50. The summed E-state index contributed by atoms with van der Waals surface area (Å²) in [6.45, 7) is 1.64. The van der Waals surface area contributed by atoms with E-state index in [4.69, 9.17) is 15.2 Å². The van der Waals surface area contributed by atoms with Crippen molar-refractivity contribution in [3.8, 4) is 5.75 Å². The molecule has 3 rings (SSSR count). The van der Waals surface area contributed by atoms with E-state index in [1.807, 2.05) is 0 Å². The van der Waals surface area contributed by atoms with E-state index < -0.39 is 15.9 Å². The molecule has 0 atom stereocenters. The average molecular weight is 419 g/mol. The van der Waals surface area contributed by atoms with E-state index in [0.29, 0.717) is 26.3 Å². The molecular formula is C19H21N3O6S. The number of anilines is 1. The maximum absolute atomic E-state index is 12.9. The molecule has 29 heavy (non-hydrogen) atoms. The second-order valence-electron chi connectivity index (χ2n) is 6.28. The van der Waals surface area contributed by atoms with Crippen LogP contribution in [0.5, 0.6) is 5.75 Å². The zero-order valence-electron chi connectivity index (χ0n) is 15.8. The molecular weight excluding hydrogens is 398 g/mol. The first-order valence-corrected chi connectivity index (χ1v) is 10.3. The minimum atomic E-state index is -4.09. The van der Waals surface area contributed by atoms with Crippen molar-refractivity contribution in [3.63, 3.8) is 0 Å². The monoisotopic (exact) mass is 419 g/mol. The number of hydrogen-bond acceptors (Lipinski definition) is 6. The first kappa shape index (κ1) is 20.6. The number of carbonyl (C=O) groups is 2. The fraction of sp³-hybridized carbons (Fsp3) is 0.263. The summed E-state index contributed by atoms with van der Waals surface area (Å²) in [5, 5.41) is 0. The van der Waals surface area contributed by atoms with Crippen molar-refractivity contribution in [2.45, 2.75) is 4.90 Å². The number of para-hydroxylation sites is 1. The van der Waals surface area contributed by atoms with Crippen molar-refractivity contribution in [2.75, 3.05) is 38.1 Å². The topological polar surface area (TPSA) is 128 Å². The maximum atomic E-state index is 12.9. The fourth-order valence-electron chi connectivity index (χ4n) is 2.95. The summed E-state index contributed by atoms with van der Waals surface area (Å²) >= 11 is 0. The fourth-order valence-corrected chi connectivity index (χ4v) is 4.05. The number of nitrogens with zero attached hydrogens (tertiary/aromatic N) is 1. The van der Waals surface area contributed by atoms with Crippen LogP contribution in [0.25, 0.3) is 0 Å². The van der Waals surface area contributed by atoms with Crippen LogP contribution in [0.15, 0.2) is 47.4 Å². The van der Waals surface area contributed by atoms with Gasteiger partial charge in [0.2, 0.25) is 0 Å². The third kappa shape index (κ3) is 4.49. The van der Waals surface area contributed by atoms with Crippen molar-refractivity contribution >= 4 is 27.5 Å². The molecule has 0 unspecified atom stereocenters. The van der Waals surface area contributed by atoms with Gasteiger partial charge in [0, 0.05) is 13.1 Å². The van der Waals surface area contributed by atoms with Gasteiger partial charge in [-0.3, -0.25) is 14.3 Å². The van der Waals surface area contributed by atoms with Gasteiger partial charge in [0.05, 0.1) is 42.0 Å². The van der Waals surface area contributed by atoms with Crippen LogP contribution >= 0.6 is 0 Å². The molecule has 2 aromatic rings. The first-order chi connectivity index (χ1) is 13.8. The molecule has 1 heterocycles. The number of nitrogens with one attached hydrogen (secondary N) is 1. The van der Waals surface area contributed by atoms with Crippen LogP contribution in [0.2, 0.25) is 0 Å². The number of amides is 2. The zero-order chi connectivity index (χ0) is 21.0. The highest BCUT2D eigenvalue weighted by molar-refractivity contribution is 7.92. The predicted octanol–water partition coefficient (Wildman–Crippen LogP) is 1.07. The van der Waals surface area contributed by atoms with Crippen molar-refractivity contribution in [1.82, 2.24) is 4.90 Å². The minimum Gasteiger partial charge on any atom is -0.496 e. The minimum absolute atomic E-state index is 0.0363. The summed E-state index contributed by atoms with van der Waals surface area (Å²) in [6, 6.07) is 10.00. The van der Waals surface area contributed by atoms with Crippen LogP contribution in [-0.4, -0.2) is 58.5 Å². The number of ether oxygens (including phenoxy) is 2. The summed E-state index contributed by atoms with van der Waals surface area (Å²) in [4.78, 5) is 25.9. The SMILES string of the molecule is COc1ccc(S(=O)(=O)Nc2ccccc2C(N)=O)cc1C(=O)N1CCOCC1. The van der Waals surface area contributed by atoms with E-state index >= 15 is 0 Å². The molecule has 0 aliphatic carbocycles. The zero-order valence-corrected chi connectivity index (χ0v) is 16.6. The van der Waals surface area contributed by atoms with Gasteiger partial charge >= 0.3 is 0 Å². The van der Waals surface area contributed by atoms with Crippen LogP contribution < -0.4 is 15.2 Å². The van der Waals surface area contributed by atoms with Crippen LogP contribution in [0.4, 0.5) is 5.69 Å². The summed E-state index contributed by atoms with van der Waals surface area (Å²) in [6.07, 6.45) is 0. The van der Waals surface area contributed by atoms with Gasteiger partial charge in [-0.15, -0.1) is 0 Å². The number of morpholine rings is 1. The quantitative estimate of drug-likeness (QED) is 0.721. The van der Waals surface area contributed by atoms with Crippen LogP contribution in [0, 0.1) is 0 Å². The van der Waals surface area contributed by atoms with Crippen molar-refractivity contribution in [2.24, 2.45) is 5.73 Å². The Balaban J connectivity index is 1.96. The van der Waals surface area contributed by atoms with Gasteiger partial charge in [0.15, 0.2) is 0 Å². The highest BCUT2D eigenvalue weighted by atomic mass is 32.2. The lowest BCUT2D eigenvalue weighted by molar-refractivity contribution is 0.0300. The molecule has 154 valence electrons. The summed E-state index contributed by atoms with van der Waals surface area (Å²) in [5.74, 6) is -0.848. The number of rotatable bonds is 6. The third-order valence-electron chi connectivity index (χ3n) is 4.45. The molecule has 1 fully saturated rings. The van der Waals surface area contributed by atoms with Gasteiger partial charge in [-0.05, 0) is 30.3 Å². The number of benzene rings is 2. The largest absolute Gasteiger partial charge is 0.496 e. The van der Waals surface area contributed by atoms with Crippen molar-refractivity contribution in [1.29, 1.82) is 0 Å². The number of sulfonamides is 1. The van der Waals surface area contributed by atoms with Gasteiger partial charge in [0.25, 0.3) is 21.8 Å². The number of carbonyl (C=O) groups excluding carboxylic acids is 2. The molecule has 1 aliphatic heterocycles. The Morgan fingerprint density at radius 2 is 1.79 bits per heavy atom. The molecule has 9 nitrogen and oxygen atoms in total. The molecule has 0 saturated carbocycles. The van der Waals surface area contributed by atoms with E-state index in [0.717, 1.165) is 0 Å². The van der Waals surface area contributed by atoms with Gasteiger partial charge in [-0.25, -0.2) is 8.42 Å². The molecule has 0 spiro atoms. The van der Waals surface area contributed by atoms with Gasteiger partial charge in [-0.1, -0.05) is 12.1 Å². The number of nitrogens with two attached hydrogens (primary N) is 1. The van der Waals surface area contributed by atoms with E-state index in [9.17, 15) is 18.0 Å². The van der Waals surface area contributed by atoms with E-state index in [2.05, 4.69) is 4.72 Å². The predicted molar refractivity (Wildman–Crippen MR) is 105 cm³/mol. The maximum Gasteiger partial charge on any atom is 0.261 e. The summed E-state index contributed by atoms with van der Waals surface area (Å²) in [5.41, 5.74) is 5.52. The Labute approximate surface area is 168 Å². The second-order valence-corrected chi connectivity index (χ2v) is 7.96. The lowest BCUT2D eigenvalue weighted by Gasteiger charge is -2.27. The smallest absolute Gasteiger partial charge is 0.261 e. The van der Waals surface area contributed by atoms with E-state index in [1.54, 1.807) is 17.0 Å². The highest BCUT2D eigenvalue weighted by Gasteiger charge is 2.25. The lowest BCUT2D eigenvalue weighted by atomic mass is 10.1. The van der Waals surface area contributed by atoms with Crippen molar-refractivity contribution in [3.05, 3.63) is 53.6 Å². The van der Waals surface area contributed by atoms with Crippen LogP contribution in [0.1, 0.15) is 20.7 Å². The molecule has 0 radical (unpaired) electrons. The summed E-state index contributed by atoms with van der Waals surface area (Å²) < 4.78 is 38.6. The third-order valence-corrected chi connectivity index (χ3v) is 5.81. The average Bonchev–Trinajstić information content (AvgIpc) is 2.73. The molecule has 10 heteroatoms. The molecule has 2 aromatic carbocycles. The molecule has 1 aliphatic rings. The van der Waals surface area contributed by atoms with Crippen LogP contribution in [-0.2, 0) is 14.8 Å². The lowest BCUT2D eigenvalue weighted by Crippen LogP contribution is -2.40. The highest BCUT2D eigenvalue weighted by Crippen LogP contribution is 2.26. The number of hydrogen-bond donors (Lipinski definition) is 2. The summed E-state index contributed by atoms with van der Waals surface area (Å²) in [7, 11) is -2.69. The molecule has 0 aromatic heterocycles. The molecule has 3 N–H and O–H groups in total. The molecule has 2 amide bonds. The standard InChI is InChI=1S/C19H21N3O6S/c1-27-17-7-6-13(12-15(17)19(24)22-8-10-28-11-9-22)29(25,26)21-16-5-3-2-4-14(16)18(20)23/h2-7,12,21H,8-11H2,1H3,(H2,20,23). The normalized spacial score (nSPS) is 14.3. The molecule has 1 saturated heterocycles. The Hall–Kier alpha value is -3.11.